The molecule has 5 nitrogen and oxygen atoms in total. The van der Waals surface area contributed by atoms with E-state index >= 15 is 0 Å². The normalized spacial score (nSPS) is 10.2. The van der Waals surface area contributed by atoms with Gasteiger partial charge in [-0.05, 0) is 30.3 Å². The van der Waals surface area contributed by atoms with Gasteiger partial charge in [0.05, 0.1) is 0 Å². The van der Waals surface area contributed by atoms with Crippen molar-refractivity contribution in [3.05, 3.63) is 95.8 Å². The van der Waals surface area contributed by atoms with Crippen molar-refractivity contribution in [2.24, 2.45) is 0 Å². The van der Waals surface area contributed by atoms with Gasteiger partial charge in [-0.15, -0.1) is 0 Å². The standard InChI is InChI=1S/C21H17NO4/c23-20(26-14-16-5-4-12-22-13-16)15-25-19-10-8-18(9-11-19)21(24)17-6-2-1-3-7-17/h1-13H,14-15H2. The lowest BCUT2D eigenvalue weighted by Gasteiger charge is -2.08. The Morgan fingerprint density at radius 3 is 2.27 bits per heavy atom. The van der Waals surface area contributed by atoms with Gasteiger partial charge in [-0.2, -0.15) is 0 Å². The number of aromatic nitrogens is 1. The molecule has 0 aliphatic heterocycles. The van der Waals surface area contributed by atoms with Gasteiger partial charge < -0.3 is 9.47 Å². The number of benzene rings is 2. The number of ketones is 1. The summed E-state index contributed by atoms with van der Waals surface area (Å²) in [6.45, 7) is -0.0488. The number of hydrogen-bond acceptors (Lipinski definition) is 5. The average molecular weight is 347 g/mol. The van der Waals surface area contributed by atoms with Gasteiger partial charge in [0, 0.05) is 29.1 Å². The molecule has 1 heterocycles. The van der Waals surface area contributed by atoms with Gasteiger partial charge in [0.15, 0.2) is 12.4 Å². The van der Waals surface area contributed by atoms with Crippen molar-refractivity contribution >= 4 is 11.8 Å². The third-order valence-corrected chi connectivity index (χ3v) is 3.63. The molecule has 0 amide bonds. The van der Waals surface area contributed by atoms with Crippen LogP contribution in [0.15, 0.2) is 79.1 Å². The summed E-state index contributed by atoms with van der Waals surface area (Å²) in [6.07, 6.45) is 3.29. The Morgan fingerprint density at radius 1 is 0.846 bits per heavy atom. The Balaban J connectivity index is 1.50. The number of carbonyl (C=O) groups is 2. The van der Waals surface area contributed by atoms with Gasteiger partial charge >= 0.3 is 5.97 Å². The molecule has 0 N–H and O–H groups in total. The highest BCUT2D eigenvalue weighted by Gasteiger charge is 2.09. The highest BCUT2D eigenvalue weighted by Crippen LogP contribution is 2.15. The Hall–Kier alpha value is -3.47. The fourth-order valence-electron chi connectivity index (χ4n) is 2.29. The second-order valence-corrected chi connectivity index (χ2v) is 5.53. The summed E-state index contributed by atoms with van der Waals surface area (Å²) in [6, 6.07) is 19.3. The van der Waals surface area contributed by atoms with Crippen LogP contribution in [0.5, 0.6) is 5.75 Å². The molecular weight excluding hydrogens is 330 g/mol. The van der Waals surface area contributed by atoms with Crippen LogP contribution in [0.2, 0.25) is 0 Å². The molecule has 0 saturated carbocycles. The number of rotatable bonds is 7. The molecule has 0 saturated heterocycles. The number of pyridine rings is 1. The lowest BCUT2D eigenvalue weighted by atomic mass is 10.0. The molecule has 0 fully saturated rings. The minimum absolute atomic E-state index is 0.0620. The molecule has 5 heteroatoms. The Morgan fingerprint density at radius 2 is 1.58 bits per heavy atom. The molecular formula is C21H17NO4. The van der Waals surface area contributed by atoms with Crippen LogP contribution in [0.4, 0.5) is 0 Å². The van der Waals surface area contributed by atoms with Gasteiger partial charge in [0.25, 0.3) is 0 Å². The summed E-state index contributed by atoms with van der Waals surface area (Å²) in [5.41, 5.74) is 1.99. The quantitative estimate of drug-likeness (QED) is 0.484. The predicted octanol–water partition coefficient (Wildman–Crippen LogP) is 3.43. The molecule has 0 atom stereocenters. The van der Waals surface area contributed by atoms with E-state index in [1.165, 1.54) is 0 Å². The lowest BCUT2D eigenvalue weighted by Crippen LogP contribution is -2.14. The third-order valence-electron chi connectivity index (χ3n) is 3.63. The highest BCUT2D eigenvalue weighted by atomic mass is 16.6. The van der Waals surface area contributed by atoms with Gasteiger partial charge in [-0.3, -0.25) is 9.78 Å². The van der Waals surface area contributed by atoms with E-state index < -0.39 is 5.97 Å². The van der Waals surface area contributed by atoms with Crippen molar-refractivity contribution in [1.29, 1.82) is 0 Å². The predicted molar refractivity (Wildman–Crippen MR) is 95.8 cm³/mol. The molecule has 0 aliphatic rings. The molecule has 0 spiro atoms. The zero-order valence-corrected chi connectivity index (χ0v) is 14.0. The first-order chi connectivity index (χ1) is 12.7. The van der Waals surface area contributed by atoms with E-state index in [0.717, 1.165) is 5.56 Å². The summed E-state index contributed by atoms with van der Waals surface area (Å²) in [4.78, 5) is 28.0. The van der Waals surface area contributed by atoms with Crippen LogP contribution in [0.3, 0.4) is 0 Å². The van der Waals surface area contributed by atoms with Gasteiger partial charge in [0.2, 0.25) is 0 Å². The smallest absolute Gasteiger partial charge is 0.344 e. The SMILES string of the molecule is O=C(COc1ccc(C(=O)c2ccccc2)cc1)OCc1cccnc1. The van der Waals surface area contributed by atoms with Crippen LogP contribution in [-0.2, 0) is 16.1 Å². The molecule has 0 aliphatic carbocycles. The first-order valence-corrected chi connectivity index (χ1v) is 8.09. The van der Waals surface area contributed by atoms with Crippen LogP contribution in [0, 0.1) is 0 Å². The molecule has 1 aromatic heterocycles. The topological polar surface area (TPSA) is 65.5 Å². The van der Waals surface area contributed by atoms with E-state index in [1.807, 2.05) is 24.3 Å². The molecule has 130 valence electrons. The lowest BCUT2D eigenvalue weighted by molar-refractivity contribution is -0.147. The zero-order chi connectivity index (χ0) is 18.2. The molecule has 26 heavy (non-hydrogen) atoms. The fraction of sp³-hybridized carbons (Fsp3) is 0.0952. The first kappa shape index (κ1) is 17.4. The monoisotopic (exact) mass is 347 g/mol. The minimum atomic E-state index is -0.474. The van der Waals surface area contributed by atoms with Crippen LogP contribution in [-0.4, -0.2) is 23.3 Å². The Bertz CT molecular complexity index is 862. The van der Waals surface area contributed by atoms with Crippen molar-refractivity contribution in [3.8, 4) is 5.75 Å². The second kappa shape index (κ2) is 8.58. The Kier molecular flexibility index (Phi) is 5.72. The minimum Gasteiger partial charge on any atom is -0.482 e. The third kappa shape index (κ3) is 4.77. The largest absolute Gasteiger partial charge is 0.482 e. The van der Waals surface area contributed by atoms with Crippen LogP contribution < -0.4 is 4.74 Å². The number of nitrogens with zero attached hydrogens (tertiary/aromatic N) is 1. The van der Waals surface area contributed by atoms with E-state index in [0.29, 0.717) is 16.9 Å². The van der Waals surface area contributed by atoms with Crippen LogP contribution in [0.1, 0.15) is 21.5 Å². The van der Waals surface area contributed by atoms with Gasteiger partial charge in [-0.1, -0.05) is 36.4 Å². The number of ether oxygens (including phenoxy) is 2. The Labute approximate surface area is 151 Å². The zero-order valence-electron chi connectivity index (χ0n) is 14.0. The first-order valence-electron chi connectivity index (χ1n) is 8.09. The van der Waals surface area contributed by atoms with Crippen molar-refractivity contribution in [2.75, 3.05) is 6.61 Å². The molecule has 3 rings (SSSR count). The van der Waals surface area contributed by atoms with Crippen molar-refractivity contribution in [3.63, 3.8) is 0 Å². The fourth-order valence-corrected chi connectivity index (χ4v) is 2.29. The highest BCUT2D eigenvalue weighted by molar-refractivity contribution is 6.08. The summed E-state index contributed by atoms with van der Waals surface area (Å²) in [7, 11) is 0. The number of hydrogen-bond donors (Lipinski definition) is 0. The van der Waals surface area contributed by atoms with Crippen molar-refractivity contribution in [2.45, 2.75) is 6.61 Å². The maximum atomic E-state index is 12.3. The van der Waals surface area contributed by atoms with Gasteiger partial charge in [-0.25, -0.2) is 4.79 Å². The second-order valence-electron chi connectivity index (χ2n) is 5.53. The van der Waals surface area contributed by atoms with E-state index in [4.69, 9.17) is 9.47 Å². The van der Waals surface area contributed by atoms with Crippen molar-refractivity contribution in [1.82, 2.24) is 4.98 Å². The summed E-state index contributed by atoms with van der Waals surface area (Å²) >= 11 is 0. The van der Waals surface area contributed by atoms with Crippen LogP contribution >= 0.6 is 0 Å². The molecule has 2 aromatic carbocycles. The van der Waals surface area contributed by atoms with Gasteiger partial charge in [0.1, 0.15) is 12.4 Å². The van der Waals surface area contributed by atoms with Crippen molar-refractivity contribution < 1.29 is 19.1 Å². The number of carbonyl (C=O) groups excluding carboxylic acids is 2. The van der Waals surface area contributed by atoms with E-state index in [9.17, 15) is 9.59 Å². The van der Waals surface area contributed by atoms with E-state index in [1.54, 1.807) is 54.9 Å². The summed E-state index contributed by atoms with van der Waals surface area (Å²) in [5, 5.41) is 0. The van der Waals surface area contributed by atoms with Crippen LogP contribution in [0.25, 0.3) is 0 Å². The summed E-state index contributed by atoms with van der Waals surface area (Å²) < 4.78 is 10.5. The van der Waals surface area contributed by atoms with E-state index in [-0.39, 0.29) is 19.0 Å². The molecule has 0 radical (unpaired) electrons. The van der Waals surface area contributed by atoms with E-state index in [2.05, 4.69) is 4.98 Å². The number of esters is 1. The molecule has 3 aromatic rings. The maximum Gasteiger partial charge on any atom is 0.344 e. The molecule has 0 bridgehead atoms. The maximum absolute atomic E-state index is 12.3. The molecule has 0 unspecified atom stereocenters. The average Bonchev–Trinajstić information content (AvgIpc) is 2.72. The summed E-state index contributed by atoms with van der Waals surface area (Å²) in [5.74, 6) is -0.0424.